The number of fused-ring (bicyclic) bond motifs is 1. The number of aryl methyl sites for hydroxylation is 1. The average Bonchev–Trinajstić information content (AvgIpc) is 2.55. The van der Waals surface area contributed by atoms with Crippen LogP contribution in [0.4, 0.5) is 11.4 Å². The van der Waals surface area contributed by atoms with Crippen LogP contribution < -0.4 is 14.5 Å². The molecule has 0 N–H and O–H groups in total. The lowest BCUT2D eigenvalue weighted by atomic mass is 10.2. The Morgan fingerprint density at radius 3 is 2.75 bits per heavy atom. The van der Waals surface area contributed by atoms with Gasteiger partial charge in [-0.15, -0.1) is 0 Å². The van der Waals surface area contributed by atoms with Gasteiger partial charge in [-0.3, -0.25) is 4.79 Å². The highest BCUT2D eigenvalue weighted by Gasteiger charge is 2.27. The van der Waals surface area contributed by atoms with Gasteiger partial charge in [-0.1, -0.05) is 24.3 Å². The molecule has 5 nitrogen and oxygen atoms in total. The minimum absolute atomic E-state index is 0.0485. The van der Waals surface area contributed by atoms with Crippen LogP contribution in [0.5, 0.6) is 5.75 Å². The highest BCUT2D eigenvalue weighted by molar-refractivity contribution is 5.98. The molecule has 0 aromatic heterocycles. The molecule has 0 unspecified atom stereocenters. The summed E-state index contributed by atoms with van der Waals surface area (Å²) in [5.74, 6) is 0.105. The quantitative estimate of drug-likeness (QED) is 0.641. The van der Waals surface area contributed by atoms with E-state index < -0.39 is 0 Å². The minimum Gasteiger partial charge on any atom is -0.423 e. The van der Waals surface area contributed by atoms with Crippen molar-refractivity contribution in [1.29, 1.82) is 0 Å². The van der Waals surface area contributed by atoms with Gasteiger partial charge in [0.1, 0.15) is 6.54 Å². The number of nitrogens with zero attached hydrogens (tertiary/aromatic N) is 2. The fourth-order valence-corrected chi connectivity index (χ4v) is 2.89. The van der Waals surface area contributed by atoms with Crippen LogP contribution in [0, 0.1) is 6.92 Å². The second-order valence-electron chi connectivity index (χ2n) is 5.77. The van der Waals surface area contributed by atoms with Crippen molar-refractivity contribution in [3.63, 3.8) is 0 Å². The van der Waals surface area contributed by atoms with E-state index in [9.17, 15) is 9.59 Å². The number of rotatable bonds is 4. The topological polar surface area (TPSA) is 49.9 Å². The maximum atomic E-state index is 12.8. The van der Waals surface area contributed by atoms with Crippen LogP contribution in [0.3, 0.4) is 0 Å². The van der Waals surface area contributed by atoms with Crippen LogP contribution in [-0.2, 0) is 9.59 Å². The molecule has 5 heteroatoms. The molecule has 2 aromatic rings. The molecule has 0 aliphatic carbocycles. The van der Waals surface area contributed by atoms with E-state index >= 15 is 0 Å². The second-order valence-corrected chi connectivity index (χ2v) is 5.77. The lowest BCUT2D eigenvalue weighted by Gasteiger charge is -2.31. The van der Waals surface area contributed by atoms with Crippen molar-refractivity contribution >= 4 is 23.3 Å². The monoisotopic (exact) mass is 324 g/mol. The highest BCUT2D eigenvalue weighted by Crippen LogP contribution is 2.31. The van der Waals surface area contributed by atoms with Crippen molar-refractivity contribution in [3.05, 3.63) is 54.1 Å². The first-order valence-electron chi connectivity index (χ1n) is 8.00. The van der Waals surface area contributed by atoms with Crippen LogP contribution in [0.2, 0.25) is 0 Å². The number of ether oxygens (including phenoxy) is 1. The fraction of sp³-hybridized carbons (Fsp3) is 0.263. The molecule has 0 saturated carbocycles. The smallest absolute Gasteiger partial charge is 0.331 e. The lowest BCUT2D eigenvalue weighted by molar-refractivity contribution is -0.133. The largest absolute Gasteiger partial charge is 0.423 e. The van der Waals surface area contributed by atoms with Gasteiger partial charge < -0.3 is 14.5 Å². The Hall–Kier alpha value is -2.82. The van der Waals surface area contributed by atoms with Crippen molar-refractivity contribution in [2.75, 3.05) is 29.4 Å². The van der Waals surface area contributed by atoms with Gasteiger partial charge in [-0.25, -0.2) is 4.79 Å². The van der Waals surface area contributed by atoms with Crippen LogP contribution in [0.1, 0.15) is 12.5 Å². The molecular formula is C19H20N2O3. The Bertz CT molecular complexity index is 773. The highest BCUT2D eigenvalue weighted by atomic mass is 16.5. The van der Waals surface area contributed by atoms with Crippen molar-refractivity contribution in [2.24, 2.45) is 0 Å². The molecule has 0 fully saturated rings. The maximum absolute atomic E-state index is 12.8. The summed E-state index contributed by atoms with van der Waals surface area (Å²) >= 11 is 0. The molecule has 0 spiro atoms. The number of benzene rings is 2. The first-order chi connectivity index (χ1) is 11.6. The van der Waals surface area contributed by atoms with E-state index in [-0.39, 0.29) is 25.0 Å². The Kier molecular flexibility index (Phi) is 4.51. The first kappa shape index (κ1) is 16.1. The number of anilines is 2. The van der Waals surface area contributed by atoms with Gasteiger partial charge in [0.15, 0.2) is 5.75 Å². The predicted octanol–water partition coefficient (Wildman–Crippen LogP) is 2.77. The number of hydrogen-bond donors (Lipinski definition) is 0. The third-order valence-electron chi connectivity index (χ3n) is 4.01. The summed E-state index contributed by atoms with van der Waals surface area (Å²) in [6, 6.07) is 15.1. The second kappa shape index (κ2) is 6.74. The molecule has 0 saturated heterocycles. The zero-order valence-electron chi connectivity index (χ0n) is 13.9. The predicted molar refractivity (Wildman–Crippen MR) is 93.5 cm³/mol. The number of amides is 1. The molecule has 24 heavy (non-hydrogen) atoms. The van der Waals surface area contributed by atoms with Crippen LogP contribution >= 0.6 is 0 Å². The SMILES string of the molecule is CCN(C(=O)CN1CC(=O)Oc2ccccc21)c1cccc(C)c1. The summed E-state index contributed by atoms with van der Waals surface area (Å²) in [5, 5.41) is 0. The van der Waals surface area contributed by atoms with Gasteiger partial charge in [0.25, 0.3) is 0 Å². The third kappa shape index (κ3) is 3.25. The maximum Gasteiger partial charge on any atom is 0.331 e. The Labute approximate surface area is 141 Å². The molecule has 2 aromatic carbocycles. The molecule has 1 aliphatic rings. The van der Waals surface area contributed by atoms with E-state index in [1.807, 2.05) is 56.3 Å². The van der Waals surface area contributed by atoms with Crippen molar-refractivity contribution in [1.82, 2.24) is 0 Å². The molecular weight excluding hydrogens is 304 g/mol. The first-order valence-corrected chi connectivity index (χ1v) is 8.00. The molecule has 3 rings (SSSR count). The van der Waals surface area contributed by atoms with Gasteiger partial charge in [0.2, 0.25) is 5.91 Å². The molecule has 1 aliphatic heterocycles. The van der Waals surface area contributed by atoms with Gasteiger partial charge in [0, 0.05) is 12.2 Å². The summed E-state index contributed by atoms with van der Waals surface area (Å²) in [7, 11) is 0. The molecule has 0 atom stereocenters. The van der Waals surface area contributed by atoms with Crippen molar-refractivity contribution < 1.29 is 14.3 Å². The van der Waals surface area contributed by atoms with Gasteiger partial charge >= 0.3 is 5.97 Å². The van der Waals surface area contributed by atoms with E-state index in [4.69, 9.17) is 4.74 Å². The van der Waals surface area contributed by atoms with E-state index in [0.29, 0.717) is 12.3 Å². The normalized spacial score (nSPS) is 13.2. The lowest BCUT2D eigenvalue weighted by Crippen LogP contribution is -2.45. The number of carbonyl (C=O) groups excluding carboxylic acids is 2. The molecule has 0 radical (unpaired) electrons. The van der Waals surface area contributed by atoms with Crippen LogP contribution in [0.25, 0.3) is 0 Å². The Morgan fingerprint density at radius 2 is 2.00 bits per heavy atom. The average molecular weight is 324 g/mol. The van der Waals surface area contributed by atoms with Crippen molar-refractivity contribution in [3.8, 4) is 5.75 Å². The summed E-state index contributed by atoms with van der Waals surface area (Å²) in [6.45, 7) is 4.72. The number of para-hydroxylation sites is 2. The number of esters is 1. The Balaban J connectivity index is 1.82. The molecule has 0 bridgehead atoms. The van der Waals surface area contributed by atoms with Crippen LogP contribution in [0.15, 0.2) is 48.5 Å². The summed E-state index contributed by atoms with van der Waals surface area (Å²) in [6.07, 6.45) is 0. The zero-order chi connectivity index (χ0) is 17.1. The summed E-state index contributed by atoms with van der Waals surface area (Å²) in [4.78, 5) is 28.1. The minimum atomic E-state index is -0.347. The molecule has 124 valence electrons. The standard InChI is InChI=1S/C19H20N2O3/c1-3-21(15-8-6-7-14(2)11-15)18(22)12-20-13-19(23)24-17-10-5-4-9-16(17)20/h4-11H,3,12-13H2,1-2H3. The molecule has 1 amide bonds. The van der Waals surface area contributed by atoms with Crippen LogP contribution in [-0.4, -0.2) is 31.5 Å². The summed E-state index contributed by atoms with van der Waals surface area (Å²) in [5.41, 5.74) is 2.74. The zero-order valence-corrected chi connectivity index (χ0v) is 13.9. The summed E-state index contributed by atoms with van der Waals surface area (Å²) < 4.78 is 5.23. The van der Waals surface area contributed by atoms with E-state index in [2.05, 4.69) is 0 Å². The van der Waals surface area contributed by atoms with E-state index in [0.717, 1.165) is 16.9 Å². The van der Waals surface area contributed by atoms with Gasteiger partial charge in [-0.05, 0) is 43.7 Å². The number of carbonyl (C=O) groups is 2. The van der Waals surface area contributed by atoms with E-state index in [1.165, 1.54) is 0 Å². The van der Waals surface area contributed by atoms with E-state index in [1.54, 1.807) is 15.9 Å². The third-order valence-corrected chi connectivity index (χ3v) is 4.01. The van der Waals surface area contributed by atoms with Gasteiger partial charge in [0.05, 0.1) is 12.2 Å². The van der Waals surface area contributed by atoms with Crippen molar-refractivity contribution in [2.45, 2.75) is 13.8 Å². The fourth-order valence-electron chi connectivity index (χ4n) is 2.89. The molecule has 1 heterocycles. The number of likely N-dealkylation sites (N-methyl/N-ethyl adjacent to an activating group) is 1. The Morgan fingerprint density at radius 1 is 1.21 bits per heavy atom. The van der Waals surface area contributed by atoms with Gasteiger partial charge in [-0.2, -0.15) is 0 Å². The number of hydrogen-bond acceptors (Lipinski definition) is 4.